The van der Waals surface area contributed by atoms with Crippen molar-refractivity contribution in [1.82, 2.24) is 25.4 Å². The predicted octanol–water partition coefficient (Wildman–Crippen LogP) is 5.22. The summed E-state index contributed by atoms with van der Waals surface area (Å²) in [4.78, 5) is 15.8. The lowest BCUT2D eigenvalue weighted by Crippen LogP contribution is -2.24. The van der Waals surface area contributed by atoms with E-state index < -0.39 is 35.5 Å². The fraction of sp³-hybridized carbons (Fsp3) is 0.292. The Hall–Kier alpha value is -4.11. The van der Waals surface area contributed by atoms with Crippen molar-refractivity contribution in [2.24, 2.45) is 0 Å². The number of carbonyl (C=O) groups is 1. The van der Waals surface area contributed by atoms with E-state index in [0.717, 1.165) is 71.8 Å². The molecule has 15 heteroatoms. The van der Waals surface area contributed by atoms with Gasteiger partial charge in [0.25, 0.3) is 5.91 Å². The lowest BCUT2D eigenvalue weighted by molar-refractivity contribution is -0.274. The van der Waals surface area contributed by atoms with Crippen LogP contribution in [-0.2, 0) is 9.53 Å². The molecule has 0 saturated heterocycles. The molecule has 3 aromatic heterocycles. The van der Waals surface area contributed by atoms with E-state index in [9.17, 15) is 22.4 Å². The number of carbonyl (C=O) groups excluding carboxylic acids is 1. The number of rotatable bonds is 8. The van der Waals surface area contributed by atoms with Gasteiger partial charge in [-0.05, 0) is 55.2 Å². The van der Waals surface area contributed by atoms with Gasteiger partial charge in [-0.15, -0.1) is 33.6 Å². The number of alkyl halides is 3. The number of halogens is 4. The van der Waals surface area contributed by atoms with Gasteiger partial charge in [0.15, 0.2) is 11.8 Å². The van der Waals surface area contributed by atoms with Crippen LogP contribution in [0.3, 0.4) is 0 Å². The standard InChI is InChI=1S/C24H21F4N7O3S/c1-37-19(16-11-15(6-7-17(16)25)38-24(26,27)28)21(36)31-23-35-34-22(39-23)30-14-4-2-12(3-5-14)18-10-13-8-9-29-20(13)33-32-18/h2,6-11,14,19H,3-5H2,1H3,(H,29,33)(H,30,34)(H,31,35,36)/t14-,19+/m1/s1. The summed E-state index contributed by atoms with van der Waals surface area (Å²) in [5, 5.41) is 23.7. The molecular weight excluding hydrogens is 542 g/mol. The monoisotopic (exact) mass is 563 g/mol. The number of allylic oxidation sites excluding steroid dienone is 1. The van der Waals surface area contributed by atoms with Crippen molar-refractivity contribution in [3.05, 3.63) is 59.7 Å². The van der Waals surface area contributed by atoms with E-state index >= 15 is 0 Å². The second kappa shape index (κ2) is 10.9. The number of aromatic amines is 1. The minimum Gasteiger partial charge on any atom is -0.406 e. The zero-order valence-electron chi connectivity index (χ0n) is 20.3. The Morgan fingerprint density at radius 3 is 2.72 bits per heavy atom. The maximum absolute atomic E-state index is 14.3. The van der Waals surface area contributed by atoms with E-state index in [4.69, 9.17) is 4.74 Å². The van der Waals surface area contributed by atoms with Crippen LogP contribution in [-0.4, -0.2) is 50.8 Å². The lowest BCUT2D eigenvalue weighted by Gasteiger charge is -2.22. The number of H-pyrrole nitrogens is 1. The third-order valence-electron chi connectivity index (χ3n) is 5.99. The highest BCUT2D eigenvalue weighted by atomic mass is 32.1. The lowest BCUT2D eigenvalue weighted by atomic mass is 9.93. The van der Waals surface area contributed by atoms with Gasteiger partial charge in [0.05, 0.1) is 5.69 Å². The van der Waals surface area contributed by atoms with Gasteiger partial charge < -0.3 is 19.8 Å². The molecule has 1 aliphatic rings. The first-order chi connectivity index (χ1) is 18.7. The average molecular weight is 564 g/mol. The van der Waals surface area contributed by atoms with E-state index in [2.05, 4.69) is 46.8 Å². The fourth-order valence-corrected chi connectivity index (χ4v) is 4.91. The molecule has 2 atom stereocenters. The normalized spacial score (nSPS) is 16.5. The van der Waals surface area contributed by atoms with Gasteiger partial charge in [0.2, 0.25) is 10.3 Å². The number of benzene rings is 1. The molecule has 0 radical (unpaired) electrons. The molecule has 1 aliphatic carbocycles. The Bertz CT molecular complexity index is 1520. The first-order valence-electron chi connectivity index (χ1n) is 11.7. The second-order valence-electron chi connectivity index (χ2n) is 8.60. The summed E-state index contributed by atoms with van der Waals surface area (Å²) >= 11 is 1.06. The van der Waals surface area contributed by atoms with Gasteiger partial charge in [-0.3, -0.25) is 10.1 Å². The van der Waals surface area contributed by atoms with Gasteiger partial charge in [0.1, 0.15) is 11.6 Å². The Kier molecular flexibility index (Phi) is 7.43. The van der Waals surface area contributed by atoms with Crippen LogP contribution in [0, 0.1) is 5.82 Å². The summed E-state index contributed by atoms with van der Waals surface area (Å²) in [5.41, 5.74) is 2.25. The Morgan fingerprint density at radius 1 is 1.15 bits per heavy atom. The molecule has 10 nitrogen and oxygen atoms in total. The van der Waals surface area contributed by atoms with Crippen LogP contribution in [0.4, 0.5) is 27.8 Å². The van der Waals surface area contributed by atoms with Gasteiger partial charge in [-0.2, -0.15) is 0 Å². The number of nitrogens with one attached hydrogen (secondary N) is 3. The van der Waals surface area contributed by atoms with Gasteiger partial charge in [0, 0.05) is 30.3 Å². The largest absolute Gasteiger partial charge is 0.573 e. The number of aromatic nitrogens is 5. The summed E-state index contributed by atoms with van der Waals surface area (Å²) in [5.74, 6) is -2.46. The predicted molar refractivity (Wildman–Crippen MR) is 134 cm³/mol. The maximum Gasteiger partial charge on any atom is 0.573 e. The average Bonchev–Trinajstić information content (AvgIpc) is 3.54. The van der Waals surface area contributed by atoms with E-state index in [1.807, 2.05) is 18.3 Å². The molecule has 3 N–H and O–H groups in total. The molecule has 1 aromatic carbocycles. The summed E-state index contributed by atoms with van der Waals surface area (Å²) < 4.78 is 60.9. The van der Waals surface area contributed by atoms with Crippen molar-refractivity contribution in [3.63, 3.8) is 0 Å². The van der Waals surface area contributed by atoms with Crippen LogP contribution in [0.25, 0.3) is 16.6 Å². The molecule has 0 spiro atoms. The fourth-order valence-electron chi connectivity index (χ4n) is 4.18. The van der Waals surface area contributed by atoms with Crippen molar-refractivity contribution in [1.29, 1.82) is 0 Å². The quantitative estimate of drug-likeness (QED) is 0.249. The highest BCUT2D eigenvalue weighted by molar-refractivity contribution is 7.19. The molecule has 0 aliphatic heterocycles. The van der Waals surface area contributed by atoms with E-state index in [1.165, 1.54) is 0 Å². The summed E-state index contributed by atoms with van der Waals surface area (Å²) in [6, 6.07) is 6.34. The van der Waals surface area contributed by atoms with Crippen LogP contribution in [0.2, 0.25) is 0 Å². The molecule has 4 aromatic rings. The highest BCUT2D eigenvalue weighted by Gasteiger charge is 2.32. The smallest absolute Gasteiger partial charge is 0.406 e. The van der Waals surface area contributed by atoms with E-state index in [0.29, 0.717) is 11.6 Å². The van der Waals surface area contributed by atoms with Crippen LogP contribution >= 0.6 is 11.3 Å². The number of methoxy groups -OCH3 is 1. The number of anilines is 2. The number of nitrogens with zero attached hydrogens (tertiary/aromatic N) is 4. The molecule has 3 heterocycles. The van der Waals surface area contributed by atoms with Crippen LogP contribution in [0.15, 0.2) is 42.6 Å². The zero-order valence-corrected chi connectivity index (χ0v) is 21.1. The maximum atomic E-state index is 14.3. The van der Waals surface area contributed by atoms with Crippen molar-refractivity contribution in [3.8, 4) is 5.75 Å². The van der Waals surface area contributed by atoms with Gasteiger partial charge in [-0.25, -0.2) is 4.39 Å². The SMILES string of the molecule is CO[C@H](C(=O)Nc1nnc(N[C@@H]2CC=C(c3cc4cc[nH]c4nn3)CC2)s1)c1cc(OC(F)(F)F)ccc1F. The minimum atomic E-state index is -4.98. The molecule has 0 bridgehead atoms. The number of ether oxygens (including phenoxy) is 2. The first-order valence-corrected chi connectivity index (χ1v) is 12.5. The minimum absolute atomic E-state index is 0.0754. The summed E-state index contributed by atoms with van der Waals surface area (Å²) in [6.45, 7) is 0. The zero-order chi connectivity index (χ0) is 27.6. The van der Waals surface area contributed by atoms with Crippen molar-refractivity contribution >= 4 is 44.1 Å². The molecule has 0 saturated carbocycles. The first kappa shape index (κ1) is 26.5. The summed E-state index contributed by atoms with van der Waals surface area (Å²) in [6.07, 6.45) is -0.319. The van der Waals surface area contributed by atoms with Crippen molar-refractivity contribution in [2.75, 3.05) is 17.7 Å². The van der Waals surface area contributed by atoms with Crippen LogP contribution < -0.4 is 15.4 Å². The second-order valence-corrected chi connectivity index (χ2v) is 9.58. The van der Waals surface area contributed by atoms with Crippen LogP contribution in [0.1, 0.15) is 36.6 Å². The Balaban J connectivity index is 1.20. The van der Waals surface area contributed by atoms with Gasteiger partial charge in [-0.1, -0.05) is 17.4 Å². The number of amides is 1. The van der Waals surface area contributed by atoms with Crippen molar-refractivity contribution < 1.29 is 31.8 Å². The number of fused-ring (bicyclic) bond motifs is 1. The summed E-state index contributed by atoms with van der Waals surface area (Å²) in [7, 11) is 1.13. The Morgan fingerprint density at radius 2 is 1.97 bits per heavy atom. The van der Waals surface area contributed by atoms with Crippen molar-refractivity contribution in [2.45, 2.75) is 37.8 Å². The highest BCUT2D eigenvalue weighted by Crippen LogP contribution is 2.32. The third kappa shape index (κ3) is 6.31. The molecular formula is C24H21F4N7O3S. The number of hydrogen-bond donors (Lipinski definition) is 3. The van der Waals surface area contributed by atoms with E-state index in [1.54, 1.807) is 0 Å². The Labute approximate surface area is 222 Å². The topological polar surface area (TPSA) is 127 Å². The van der Waals surface area contributed by atoms with Gasteiger partial charge >= 0.3 is 6.36 Å². The molecule has 39 heavy (non-hydrogen) atoms. The van der Waals surface area contributed by atoms with E-state index in [-0.39, 0.29) is 11.2 Å². The molecule has 1 amide bonds. The van der Waals surface area contributed by atoms with Crippen LogP contribution in [0.5, 0.6) is 5.75 Å². The molecule has 0 unspecified atom stereocenters. The molecule has 0 fully saturated rings. The number of hydrogen-bond acceptors (Lipinski definition) is 9. The third-order valence-corrected chi connectivity index (χ3v) is 6.76. The molecule has 5 rings (SSSR count). The molecule has 204 valence electrons.